The molecule has 0 aliphatic carbocycles. The van der Waals surface area contributed by atoms with Gasteiger partial charge in [0.25, 0.3) is 0 Å². The van der Waals surface area contributed by atoms with Gasteiger partial charge in [0.2, 0.25) is 5.91 Å². The van der Waals surface area contributed by atoms with Gasteiger partial charge in [-0.1, -0.05) is 6.92 Å². The summed E-state index contributed by atoms with van der Waals surface area (Å²) in [6, 6.07) is -1.04. The number of ether oxygens (including phenoxy) is 1. The van der Waals surface area contributed by atoms with Crippen LogP contribution in [0, 0.1) is 11.8 Å². The number of piperidine rings is 1. The van der Waals surface area contributed by atoms with E-state index in [0.29, 0.717) is 19.8 Å². The fourth-order valence-corrected chi connectivity index (χ4v) is 2.85. The lowest BCUT2D eigenvalue weighted by Gasteiger charge is -2.38. The van der Waals surface area contributed by atoms with Crippen LogP contribution < -0.4 is 5.73 Å². The molecule has 0 radical (unpaired) electrons. The molecule has 4 unspecified atom stereocenters. The second kappa shape index (κ2) is 5.24. The van der Waals surface area contributed by atoms with E-state index in [1.807, 2.05) is 6.92 Å². The number of hydrogen-bond donors (Lipinski definition) is 2. The maximum Gasteiger partial charge on any atom is 0.326 e. The van der Waals surface area contributed by atoms with Crippen molar-refractivity contribution in [2.45, 2.75) is 31.8 Å². The third-order valence-corrected chi connectivity index (χ3v) is 3.91. The van der Waals surface area contributed by atoms with Crippen molar-refractivity contribution in [2.24, 2.45) is 17.6 Å². The lowest BCUT2D eigenvalue weighted by atomic mass is 9.89. The molecule has 2 aliphatic rings. The molecule has 4 atom stereocenters. The molecule has 2 saturated heterocycles. The van der Waals surface area contributed by atoms with E-state index in [9.17, 15) is 14.7 Å². The Morgan fingerprint density at radius 2 is 2.11 bits per heavy atom. The van der Waals surface area contributed by atoms with Crippen LogP contribution in [-0.2, 0) is 14.3 Å². The van der Waals surface area contributed by atoms with Crippen LogP contribution in [0.15, 0.2) is 0 Å². The number of rotatable bonds is 2. The number of carboxylic acid groups (broad SMARTS) is 1. The van der Waals surface area contributed by atoms with Crippen molar-refractivity contribution in [3.8, 4) is 0 Å². The van der Waals surface area contributed by atoms with Crippen molar-refractivity contribution in [3.63, 3.8) is 0 Å². The topological polar surface area (TPSA) is 92.9 Å². The van der Waals surface area contributed by atoms with Crippen molar-refractivity contribution in [1.82, 2.24) is 4.90 Å². The molecule has 2 rings (SSSR count). The van der Waals surface area contributed by atoms with E-state index in [0.717, 1.165) is 12.8 Å². The molecule has 0 spiro atoms. The quantitative estimate of drug-likeness (QED) is 0.706. The van der Waals surface area contributed by atoms with Crippen molar-refractivity contribution in [3.05, 3.63) is 0 Å². The van der Waals surface area contributed by atoms with Crippen LogP contribution in [0.3, 0.4) is 0 Å². The van der Waals surface area contributed by atoms with Crippen molar-refractivity contribution in [1.29, 1.82) is 0 Å². The minimum absolute atomic E-state index is 0.0151. The molecular formula is C12H20N2O4. The molecule has 0 bridgehead atoms. The average molecular weight is 256 g/mol. The largest absolute Gasteiger partial charge is 0.480 e. The summed E-state index contributed by atoms with van der Waals surface area (Å²) in [7, 11) is 0. The minimum atomic E-state index is -0.928. The SMILES string of the molecule is CC1CCCN(C(=O)C2COCC2N)C1C(=O)O. The molecule has 1 amide bonds. The standard InChI is InChI=1S/C12H20N2O4/c1-7-3-2-4-14(10(7)12(16)17)11(15)8-5-18-6-9(8)13/h7-10H,2-6,13H2,1H3,(H,16,17). The van der Waals surface area contributed by atoms with E-state index < -0.39 is 17.9 Å². The minimum Gasteiger partial charge on any atom is -0.480 e. The van der Waals surface area contributed by atoms with Gasteiger partial charge in [-0.15, -0.1) is 0 Å². The number of carbonyl (C=O) groups is 2. The predicted octanol–water partition coefficient (Wildman–Crippen LogP) is -0.328. The van der Waals surface area contributed by atoms with E-state index in [1.54, 1.807) is 0 Å². The zero-order chi connectivity index (χ0) is 13.3. The number of carbonyl (C=O) groups excluding carboxylic acids is 1. The highest BCUT2D eigenvalue weighted by Gasteiger charge is 2.42. The normalized spacial score (nSPS) is 36.7. The van der Waals surface area contributed by atoms with Crippen LogP contribution in [0.4, 0.5) is 0 Å². The monoisotopic (exact) mass is 256 g/mol. The number of amides is 1. The number of nitrogens with two attached hydrogens (primary N) is 1. The Morgan fingerprint density at radius 1 is 1.39 bits per heavy atom. The highest BCUT2D eigenvalue weighted by molar-refractivity contribution is 5.86. The Morgan fingerprint density at radius 3 is 2.67 bits per heavy atom. The van der Waals surface area contributed by atoms with Gasteiger partial charge < -0.3 is 20.5 Å². The molecule has 0 aromatic carbocycles. The van der Waals surface area contributed by atoms with Gasteiger partial charge in [0.05, 0.1) is 19.1 Å². The Balaban J connectivity index is 2.14. The van der Waals surface area contributed by atoms with Crippen LogP contribution in [0.2, 0.25) is 0 Å². The summed E-state index contributed by atoms with van der Waals surface area (Å²) >= 11 is 0. The first kappa shape index (κ1) is 13.3. The molecule has 3 N–H and O–H groups in total. The fourth-order valence-electron chi connectivity index (χ4n) is 2.85. The van der Waals surface area contributed by atoms with Crippen LogP contribution in [0.1, 0.15) is 19.8 Å². The van der Waals surface area contributed by atoms with Crippen molar-refractivity contribution < 1.29 is 19.4 Å². The number of nitrogens with zero attached hydrogens (tertiary/aromatic N) is 1. The number of carboxylic acids is 1. The molecule has 0 aromatic rings. The summed E-state index contributed by atoms with van der Waals surface area (Å²) in [4.78, 5) is 25.2. The molecule has 0 saturated carbocycles. The van der Waals surface area contributed by atoms with Gasteiger partial charge in [-0.25, -0.2) is 4.79 Å². The maximum atomic E-state index is 12.4. The van der Waals surface area contributed by atoms with Gasteiger partial charge in [-0.05, 0) is 18.8 Å². The Bertz CT molecular complexity index is 347. The zero-order valence-corrected chi connectivity index (χ0v) is 10.5. The first-order valence-electron chi connectivity index (χ1n) is 6.39. The Hall–Kier alpha value is -1.14. The average Bonchev–Trinajstić information content (AvgIpc) is 2.73. The van der Waals surface area contributed by atoms with E-state index in [-0.39, 0.29) is 17.9 Å². The highest BCUT2D eigenvalue weighted by Crippen LogP contribution is 2.26. The highest BCUT2D eigenvalue weighted by atomic mass is 16.5. The summed E-state index contributed by atoms with van der Waals surface area (Å²) in [6.07, 6.45) is 1.69. The molecule has 6 nitrogen and oxygen atoms in total. The molecule has 6 heteroatoms. The zero-order valence-electron chi connectivity index (χ0n) is 10.5. The van der Waals surface area contributed by atoms with Gasteiger partial charge in [-0.2, -0.15) is 0 Å². The van der Waals surface area contributed by atoms with Gasteiger partial charge in [0.1, 0.15) is 6.04 Å². The molecule has 102 valence electrons. The fraction of sp³-hybridized carbons (Fsp3) is 0.833. The van der Waals surface area contributed by atoms with Crippen LogP contribution in [0.25, 0.3) is 0 Å². The molecule has 2 aliphatic heterocycles. The summed E-state index contributed by atoms with van der Waals surface area (Å²) in [5.74, 6) is -1.50. The van der Waals surface area contributed by atoms with Gasteiger partial charge >= 0.3 is 5.97 Å². The molecule has 18 heavy (non-hydrogen) atoms. The van der Waals surface area contributed by atoms with Crippen molar-refractivity contribution >= 4 is 11.9 Å². The summed E-state index contributed by atoms with van der Waals surface area (Å²) in [6.45, 7) is 3.06. The summed E-state index contributed by atoms with van der Waals surface area (Å²) < 4.78 is 5.18. The lowest BCUT2D eigenvalue weighted by Crippen LogP contribution is -2.55. The lowest BCUT2D eigenvalue weighted by molar-refractivity contribution is -0.156. The molecule has 2 heterocycles. The molecule has 0 aromatic heterocycles. The summed E-state index contributed by atoms with van der Waals surface area (Å²) in [5.41, 5.74) is 5.82. The predicted molar refractivity (Wildman–Crippen MR) is 63.8 cm³/mol. The molecule has 2 fully saturated rings. The summed E-state index contributed by atoms with van der Waals surface area (Å²) in [5, 5.41) is 9.28. The van der Waals surface area contributed by atoms with E-state index in [2.05, 4.69) is 0 Å². The van der Waals surface area contributed by atoms with Crippen LogP contribution in [0.5, 0.6) is 0 Å². The third-order valence-electron chi connectivity index (χ3n) is 3.91. The number of aliphatic carboxylic acids is 1. The van der Waals surface area contributed by atoms with Gasteiger partial charge in [0.15, 0.2) is 0 Å². The Labute approximate surface area is 106 Å². The maximum absolute atomic E-state index is 12.4. The number of likely N-dealkylation sites (tertiary alicyclic amines) is 1. The van der Waals surface area contributed by atoms with Crippen LogP contribution >= 0.6 is 0 Å². The number of hydrogen-bond acceptors (Lipinski definition) is 4. The van der Waals surface area contributed by atoms with Gasteiger partial charge in [0, 0.05) is 12.6 Å². The smallest absolute Gasteiger partial charge is 0.326 e. The van der Waals surface area contributed by atoms with Crippen LogP contribution in [-0.4, -0.2) is 53.7 Å². The second-order valence-corrected chi connectivity index (χ2v) is 5.24. The third kappa shape index (κ3) is 2.35. The van der Waals surface area contributed by atoms with E-state index in [4.69, 9.17) is 10.5 Å². The van der Waals surface area contributed by atoms with E-state index >= 15 is 0 Å². The first-order chi connectivity index (χ1) is 8.52. The van der Waals surface area contributed by atoms with Crippen molar-refractivity contribution in [2.75, 3.05) is 19.8 Å². The van der Waals surface area contributed by atoms with E-state index in [1.165, 1.54) is 4.90 Å². The second-order valence-electron chi connectivity index (χ2n) is 5.24. The first-order valence-corrected chi connectivity index (χ1v) is 6.39. The van der Waals surface area contributed by atoms with Gasteiger partial charge in [-0.3, -0.25) is 4.79 Å². The Kier molecular flexibility index (Phi) is 3.87. The molecular weight excluding hydrogens is 236 g/mol.